The molecule has 0 bridgehead atoms. The fourth-order valence-electron chi connectivity index (χ4n) is 4.09. The number of methoxy groups -OCH3 is 2. The van der Waals surface area contributed by atoms with E-state index in [-0.39, 0.29) is 17.7 Å². The van der Waals surface area contributed by atoms with E-state index in [2.05, 4.69) is 11.6 Å². The third kappa shape index (κ3) is 5.28. The predicted octanol–water partition coefficient (Wildman–Crippen LogP) is 3.42. The molecular formula is C29H26N2O6S. The van der Waals surface area contributed by atoms with Gasteiger partial charge in [-0.1, -0.05) is 66.5 Å². The largest absolute Gasteiger partial charge is 0.496 e. The van der Waals surface area contributed by atoms with Crippen molar-refractivity contribution in [3.05, 3.63) is 115 Å². The number of ether oxygens (including phenoxy) is 3. The lowest BCUT2D eigenvalue weighted by Gasteiger charge is -2.24. The number of esters is 2. The molecule has 2 heterocycles. The fraction of sp³-hybridized carbons (Fsp3) is 0.172. The summed E-state index contributed by atoms with van der Waals surface area (Å²) in [5.41, 5.74) is 2.21. The topological polar surface area (TPSA) is 96.2 Å². The van der Waals surface area contributed by atoms with Gasteiger partial charge in [-0.25, -0.2) is 14.6 Å². The molecule has 1 aliphatic rings. The van der Waals surface area contributed by atoms with Gasteiger partial charge in [0.2, 0.25) is 0 Å². The SMILES string of the molecule is C=CCOC(=O)C1=C(C)N=c2sc(=CC=Cc3ccccc3OC)c(=O)n2C1c1ccc(C(=O)OC)cc1. The zero-order valence-electron chi connectivity index (χ0n) is 21.2. The highest BCUT2D eigenvalue weighted by Crippen LogP contribution is 2.31. The quantitative estimate of drug-likeness (QED) is 0.327. The Hall–Kier alpha value is -4.50. The Bertz CT molecular complexity index is 1630. The zero-order valence-corrected chi connectivity index (χ0v) is 22.0. The van der Waals surface area contributed by atoms with E-state index in [0.717, 1.165) is 5.56 Å². The number of carbonyl (C=O) groups excluding carboxylic acids is 2. The molecule has 38 heavy (non-hydrogen) atoms. The van der Waals surface area contributed by atoms with E-state index in [0.29, 0.717) is 31.9 Å². The smallest absolute Gasteiger partial charge is 0.338 e. The van der Waals surface area contributed by atoms with Crippen molar-refractivity contribution in [2.75, 3.05) is 20.8 Å². The molecule has 1 unspecified atom stereocenters. The maximum absolute atomic E-state index is 13.6. The number of carbonyl (C=O) groups is 2. The van der Waals surface area contributed by atoms with Crippen molar-refractivity contribution in [3.8, 4) is 5.75 Å². The maximum atomic E-state index is 13.6. The highest BCUT2D eigenvalue weighted by atomic mass is 32.1. The van der Waals surface area contributed by atoms with Crippen LogP contribution in [0.1, 0.15) is 34.5 Å². The van der Waals surface area contributed by atoms with Crippen LogP contribution in [-0.4, -0.2) is 37.3 Å². The highest BCUT2D eigenvalue weighted by Gasteiger charge is 2.33. The van der Waals surface area contributed by atoms with E-state index in [1.165, 1.54) is 29.1 Å². The number of rotatable bonds is 8. The summed E-state index contributed by atoms with van der Waals surface area (Å²) in [5, 5.41) is 0. The molecule has 8 nitrogen and oxygen atoms in total. The first-order valence-electron chi connectivity index (χ1n) is 11.7. The highest BCUT2D eigenvalue weighted by molar-refractivity contribution is 7.07. The third-order valence-electron chi connectivity index (χ3n) is 5.88. The number of aromatic nitrogens is 1. The summed E-state index contributed by atoms with van der Waals surface area (Å²) >= 11 is 1.22. The lowest BCUT2D eigenvalue weighted by Crippen LogP contribution is -2.39. The van der Waals surface area contributed by atoms with E-state index in [1.807, 2.05) is 30.3 Å². The Morgan fingerprint density at radius 1 is 1.11 bits per heavy atom. The summed E-state index contributed by atoms with van der Waals surface area (Å²) in [4.78, 5) is 43.7. The maximum Gasteiger partial charge on any atom is 0.338 e. The number of nitrogens with zero attached hydrogens (tertiary/aromatic N) is 2. The standard InChI is InChI=1S/C29H26N2O6S/c1-5-17-37-28(34)24-18(2)30-29-31(25(24)20-13-15-21(16-14-20)27(33)36-4)26(32)23(38-29)12-8-10-19-9-6-7-11-22(19)35-3/h5-16,25H,1,17H2,2-4H3. The van der Waals surface area contributed by atoms with Crippen LogP contribution in [-0.2, 0) is 14.3 Å². The monoisotopic (exact) mass is 530 g/mol. The van der Waals surface area contributed by atoms with Crippen LogP contribution in [0.3, 0.4) is 0 Å². The van der Waals surface area contributed by atoms with Gasteiger partial charge >= 0.3 is 11.9 Å². The number of hydrogen-bond acceptors (Lipinski definition) is 8. The van der Waals surface area contributed by atoms with E-state index in [9.17, 15) is 14.4 Å². The molecule has 0 aliphatic carbocycles. The van der Waals surface area contributed by atoms with E-state index < -0.39 is 18.0 Å². The first-order chi connectivity index (χ1) is 18.4. The Labute approximate surface area is 223 Å². The molecule has 0 saturated heterocycles. The molecule has 9 heteroatoms. The van der Waals surface area contributed by atoms with Crippen LogP contribution >= 0.6 is 11.3 Å². The van der Waals surface area contributed by atoms with Crippen LogP contribution in [0.15, 0.2) is 88.3 Å². The molecule has 0 radical (unpaired) electrons. The van der Waals surface area contributed by atoms with Crippen LogP contribution in [0.2, 0.25) is 0 Å². The van der Waals surface area contributed by atoms with Gasteiger partial charge in [0.05, 0.1) is 41.6 Å². The van der Waals surface area contributed by atoms with Gasteiger partial charge in [-0.2, -0.15) is 0 Å². The zero-order chi connectivity index (χ0) is 27.2. The van der Waals surface area contributed by atoms with Crippen molar-refractivity contribution >= 4 is 35.4 Å². The molecular weight excluding hydrogens is 504 g/mol. The second kappa shape index (κ2) is 11.7. The minimum atomic E-state index is -0.796. The minimum Gasteiger partial charge on any atom is -0.496 e. The van der Waals surface area contributed by atoms with Gasteiger partial charge in [0.25, 0.3) is 5.56 Å². The van der Waals surface area contributed by atoms with Gasteiger partial charge in [-0.3, -0.25) is 9.36 Å². The van der Waals surface area contributed by atoms with Gasteiger partial charge in [0.15, 0.2) is 4.80 Å². The summed E-state index contributed by atoms with van der Waals surface area (Å²) in [5.74, 6) is -0.370. The van der Waals surface area contributed by atoms with Gasteiger partial charge < -0.3 is 14.2 Å². The molecule has 194 valence electrons. The second-order valence-electron chi connectivity index (χ2n) is 8.21. The molecule has 0 saturated carbocycles. The van der Waals surface area contributed by atoms with Gasteiger partial charge in [-0.05, 0) is 36.8 Å². The molecule has 0 amide bonds. The summed E-state index contributed by atoms with van der Waals surface area (Å²) in [6.45, 7) is 5.31. The predicted molar refractivity (Wildman–Crippen MR) is 146 cm³/mol. The molecule has 1 atom stereocenters. The normalized spacial score (nSPS) is 15.1. The molecule has 0 N–H and O–H groups in total. The molecule has 1 aliphatic heterocycles. The number of fused-ring (bicyclic) bond motifs is 1. The lowest BCUT2D eigenvalue weighted by atomic mass is 9.95. The molecule has 0 fully saturated rings. The summed E-state index contributed by atoms with van der Waals surface area (Å²) in [6.07, 6.45) is 6.81. The van der Waals surface area contributed by atoms with Crippen molar-refractivity contribution in [1.82, 2.24) is 4.57 Å². The van der Waals surface area contributed by atoms with E-state index >= 15 is 0 Å². The molecule has 3 aromatic rings. The third-order valence-corrected chi connectivity index (χ3v) is 6.88. The molecule has 4 rings (SSSR count). The first-order valence-corrected chi connectivity index (χ1v) is 12.5. The molecule has 1 aromatic heterocycles. The Morgan fingerprint density at radius 2 is 1.84 bits per heavy atom. The fourth-order valence-corrected chi connectivity index (χ4v) is 5.09. The average molecular weight is 531 g/mol. The summed E-state index contributed by atoms with van der Waals surface area (Å²) in [7, 11) is 2.90. The van der Waals surface area contributed by atoms with Gasteiger partial charge in [0, 0.05) is 5.56 Å². The first kappa shape index (κ1) is 26.6. The summed E-state index contributed by atoms with van der Waals surface area (Å²) in [6, 6.07) is 13.3. The Balaban J connectivity index is 1.83. The van der Waals surface area contributed by atoms with Crippen LogP contribution in [0.4, 0.5) is 0 Å². The Morgan fingerprint density at radius 3 is 2.53 bits per heavy atom. The minimum absolute atomic E-state index is 0.0157. The van der Waals surface area contributed by atoms with Crippen LogP contribution in [0.5, 0.6) is 5.75 Å². The second-order valence-corrected chi connectivity index (χ2v) is 9.22. The number of allylic oxidation sites excluding steroid dienone is 2. The van der Waals surface area contributed by atoms with Crippen LogP contribution < -0.4 is 19.6 Å². The average Bonchev–Trinajstić information content (AvgIpc) is 3.25. The van der Waals surface area contributed by atoms with Crippen LogP contribution in [0, 0.1) is 0 Å². The van der Waals surface area contributed by atoms with Gasteiger partial charge in [0.1, 0.15) is 12.4 Å². The van der Waals surface area contributed by atoms with Crippen molar-refractivity contribution in [1.29, 1.82) is 0 Å². The van der Waals surface area contributed by atoms with Crippen molar-refractivity contribution in [2.45, 2.75) is 13.0 Å². The molecule has 2 aromatic carbocycles. The lowest BCUT2D eigenvalue weighted by molar-refractivity contribution is -0.138. The van der Waals surface area contributed by atoms with E-state index in [1.54, 1.807) is 50.5 Å². The summed E-state index contributed by atoms with van der Waals surface area (Å²) < 4.78 is 17.4. The number of para-hydroxylation sites is 1. The van der Waals surface area contributed by atoms with Crippen LogP contribution in [0.25, 0.3) is 12.2 Å². The van der Waals surface area contributed by atoms with Crippen molar-refractivity contribution < 1.29 is 23.8 Å². The van der Waals surface area contributed by atoms with Gasteiger partial charge in [-0.15, -0.1) is 0 Å². The number of thiazole rings is 1. The van der Waals surface area contributed by atoms with Crippen molar-refractivity contribution in [2.24, 2.45) is 4.99 Å². The van der Waals surface area contributed by atoms with E-state index in [4.69, 9.17) is 14.2 Å². The number of hydrogen-bond donors (Lipinski definition) is 0. The molecule has 0 spiro atoms. The van der Waals surface area contributed by atoms with Crippen molar-refractivity contribution in [3.63, 3.8) is 0 Å². The Kier molecular flexibility index (Phi) is 8.18. The number of benzene rings is 2.